The van der Waals surface area contributed by atoms with Gasteiger partial charge in [-0.1, -0.05) is 6.07 Å². The third kappa shape index (κ3) is 3.85. The predicted molar refractivity (Wildman–Crippen MR) is 123 cm³/mol. The predicted octanol–water partition coefficient (Wildman–Crippen LogP) is 2.73. The summed E-state index contributed by atoms with van der Waals surface area (Å²) in [6, 6.07) is 8.71. The summed E-state index contributed by atoms with van der Waals surface area (Å²) in [5.74, 6) is -2.21. The van der Waals surface area contributed by atoms with Crippen LogP contribution in [0.25, 0.3) is 27.8 Å². The second kappa shape index (κ2) is 8.13. The van der Waals surface area contributed by atoms with Gasteiger partial charge >= 0.3 is 5.69 Å². The van der Waals surface area contributed by atoms with E-state index in [0.29, 0.717) is 33.9 Å². The summed E-state index contributed by atoms with van der Waals surface area (Å²) >= 11 is 0. The summed E-state index contributed by atoms with van der Waals surface area (Å²) in [5.41, 5.74) is 2.04. The molecule has 5 rings (SSSR count). The molecule has 3 aromatic heterocycles. The molecule has 0 amide bonds. The van der Waals surface area contributed by atoms with Crippen molar-refractivity contribution in [3.8, 4) is 17.0 Å². The number of hydrogen-bond donors (Lipinski definition) is 1. The van der Waals surface area contributed by atoms with E-state index in [1.54, 1.807) is 18.2 Å². The smallest absolute Gasteiger partial charge is 0.350 e. The summed E-state index contributed by atoms with van der Waals surface area (Å²) in [6.45, 7) is 0. The van der Waals surface area contributed by atoms with Crippen molar-refractivity contribution in [2.75, 3.05) is 11.8 Å². The van der Waals surface area contributed by atoms with Gasteiger partial charge in [0, 0.05) is 24.9 Å². The number of hydrogen-bond acceptors (Lipinski definition) is 7. The average molecular weight is 498 g/mol. The number of nitrogens with one attached hydrogen (secondary N) is 1. The van der Waals surface area contributed by atoms with Crippen LogP contribution < -0.4 is 15.1 Å². The molecule has 35 heavy (non-hydrogen) atoms. The van der Waals surface area contributed by atoms with E-state index in [1.165, 1.54) is 41.7 Å². The van der Waals surface area contributed by atoms with Gasteiger partial charge in [-0.15, -0.1) is 5.10 Å². The molecule has 178 valence electrons. The molecule has 0 spiro atoms. The highest BCUT2D eigenvalue weighted by Crippen LogP contribution is 2.31. The molecule has 0 radical (unpaired) electrons. The van der Waals surface area contributed by atoms with E-state index in [4.69, 9.17) is 4.74 Å². The van der Waals surface area contributed by atoms with Gasteiger partial charge in [0.05, 0.1) is 24.3 Å². The Hall–Kier alpha value is -4.39. The van der Waals surface area contributed by atoms with Gasteiger partial charge in [0.15, 0.2) is 5.65 Å². The molecule has 0 fully saturated rings. The van der Waals surface area contributed by atoms with Crippen molar-refractivity contribution in [2.45, 2.75) is 4.90 Å². The Morgan fingerprint density at radius 1 is 1.00 bits per heavy atom. The zero-order valence-corrected chi connectivity index (χ0v) is 19.0. The van der Waals surface area contributed by atoms with E-state index in [1.807, 2.05) is 0 Å². The number of aromatic nitrogens is 5. The zero-order chi connectivity index (χ0) is 24.9. The SMILES string of the molecule is COc1ncc(-c2ccc3ncc4nn(C)c(=O)n4c3c2)cc1NS(=O)(=O)c1ccc(F)cc1F. The van der Waals surface area contributed by atoms with Crippen LogP contribution in [0.15, 0.2) is 64.5 Å². The van der Waals surface area contributed by atoms with E-state index in [2.05, 4.69) is 19.8 Å². The number of ether oxygens (including phenoxy) is 1. The topological polar surface area (TPSA) is 120 Å². The average Bonchev–Trinajstić information content (AvgIpc) is 3.12. The number of benzene rings is 2. The quantitative estimate of drug-likeness (QED) is 0.396. The lowest BCUT2D eigenvalue weighted by atomic mass is 10.1. The Labute approximate surface area is 196 Å². The molecule has 0 atom stereocenters. The van der Waals surface area contributed by atoms with Gasteiger partial charge in [0.25, 0.3) is 10.0 Å². The first-order chi connectivity index (χ1) is 16.7. The molecule has 0 aliphatic rings. The van der Waals surface area contributed by atoms with Crippen LogP contribution >= 0.6 is 0 Å². The largest absolute Gasteiger partial charge is 0.480 e. The Bertz CT molecular complexity index is 1800. The summed E-state index contributed by atoms with van der Waals surface area (Å²) in [6.07, 6.45) is 2.94. The van der Waals surface area contributed by atoms with Crippen molar-refractivity contribution < 1.29 is 21.9 Å². The van der Waals surface area contributed by atoms with E-state index >= 15 is 0 Å². The lowest BCUT2D eigenvalue weighted by molar-refractivity contribution is 0.400. The van der Waals surface area contributed by atoms with E-state index < -0.39 is 26.6 Å². The number of aryl methyl sites for hydroxylation is 1. The number of pyridine rings is 1. The van der Waals surface area contributed by atoms with Gasteiger partial charge in [-0.25, -0.2) is 36.1 Å². The Kier molecular flexibility index (Phi) is 5.20. The summed E-state index contributed by atoms with van der Waals surface area (Å²) < 4.78 is 63.0. The van der Waals surface area contributed by atoms with E-state index in [-0.39, 0.29) is 17.3 Å². The summed E-state index contributed by atoms with van der Waals surface area (Å²) in [5, 5.41) is 4.13. The maximum absolute atomic E-state index is 14.1. The fourth-order valence-electron chi connectivity index (χ4n) is 3.65. The fourth-order valence-corrected chi connectivity index (χ4v) is 4.76. The van der Waals surface area contributed by atoms with Crippen LogP contribution in [0.5, 0.6) is 5.88 Å². The molecule has 1 N–H and O–H groups in total. The van der Waals surface area contributed by atoms with Crippen molar-refractivity contribution in [1.29, 1.82) is 0 Å². The number of fused-ring (bicyclic) bond motifs is 3. The molecule has 0 saturated heterocycles. The number of anilines is 1. The lowest BCUT2D eigenvalue weighted by Crippen LogP contribution is -2.18. The number of halogens is 2. The number of sulfonamides is 1. The standard InChI is InChI=1S/C22H16F2N6O4S/c1-29-22(31)30-18-8-12(3-5-16(18)25-11-20(30)27-29)13-7-17(21(34-2)26-10-13)28-35(32,33)19-6-4-14(23)9-15(19)24/h3-11,28H,1-2H3. The molecule has 0 unspecified atom stereocenters. The van der Waals surface area contributed by atoms with Crippen molar-refractivity contribution in [3.63, 3.8) is 0 Å². The van der Waals surface area contributed by atoms with Crippen LogP contribution in [-0.4, -0.2) is 39.7 Å². The molecular weight excluding hydrogens is 482 g/mol. The Morgan fingerprint density at radius 2 is 1.80 bits per heavy atom. The van der Waals surface area contributed by atoms with Crippen molar-refractivity contribution >= 4 is 32.4 Å². The van der Waals surface area contributed by atoms with Gasteiger partial charge in [-0.05, 0) is 35.9 Å². The maximum Gasteiger partial charge on any atom is 0.350 e. The minimum absolute atomic E-state index is 0.0619. The van der Waals surface area contributed by atoms with Crippen LogP contribution in [0.4, 0.5) is 14.5 Å². The molecule has 2 aromatic carbocycles. The Morgan fingerprint density at radius 3 is 2.54 bits per heavy atom. The normalized spacial score (nSPS) is 11.8. The molecule has 5 aromatic rings. The number of nitrogens with zero attached hydrogens (tertiary/aromatic N) is 5. The highest BCUT2D eigenvalue weighted by Gasteiger charge is 2.22. The van der Waals surface area contributed by atoms with Crippen LogP contribution in [0.1, 0.15) is 0 Å². The van der Waals surface area contributed by atoms with Crippen LogP contribution in [-0.2, 0) is 17.1 Å². The van der Waals surface area contributed by atoms with Crippen LogP contribution in [0.3, 0.4) is 0 Å². The minimum atomic E-state index is -4.44. The van der Waals surface area contributed by atoms with Crippen molar-refractivity contribution in [3.05, 3.63) is 77.0 Å². The highest BCUT2D eigenvalue weighted by molar-refractivity contribution is 7.92. The fraction of sp³-hybridized carbons (Fsp3) is 0.0909. The molecule has 3 heterocycles. The first-order valence-electron chi connectivity index (χ1n) is 10.0. The molecule has 0 saturated carbocycles. The highest BCUT2D eigenvalue weighted by atomic mass is 32.2. The first-order valence-corrected chi connectivity index (χ1v) is 11.5. The molecule has 10 nitrogen and oxygen atoms in total. The Balaban J connectivity index is 1.62. The van der Waals surface area contributed by atoms with Gasteiger partial charge in [-0.3, -0.25) is 9.71 Å². The van der Waals surface area contributed by atoms with Crippen molar-refractivity contribution in [1.82, 2.24) is 24.1 Å². The first kappa shape index (κ1) is 22.4. The molecule has 13 heteroatoms. The third-order valence-electron chi connectivity index (χ3n) is 5.29. The van der Waals surface area contributed by atoms with Gasteiger partial charge in [0.2, 0.25) is 5.88 Å². The summed E-state index contributed by atoms with van der Waals surface area (Å²) in [4.78, 5) is 20.3. The van der Waals surface area contributed by atoms with Crippen LogP contribution in [0.2, 0.25) is 0 Å². The van der Waals surface area contributed by atoms with Gasteiger partial charge < -0.3 is 4.74 Å². The van der Waals surface area contributed by atoms with Gasteiger partial charge in [0.1, 0.15) is 22.2 Å². The van der Waals surface area contributed by atoms with Crippen LogP contribution in [0, 0.1) is 11.6 Å². The maximum atomic E-state index is 14.1. The number of methoxy groups -OCH3 is 1. The third-order valence-corrected chi connectivity index (χ3v) is 6.69. The zero-order valence-electron chi connectivity index (χ0n) is 18.2. The van der Waals surface area contributed by atoms with E-state index in [9.17, 15) is 22.0 Å². The molecule has 0 aliphatic carbocycles. The molecule has 0 bridgehead atoms. The minimum Gasteiger partial charge on any atom is -0.480 e. The molecular formula is C22H16F2N6O4S. The lowest BCUT2D eigenvalue weighted by Gasteiger charge is -2.13. The summed E-state index contributed by atoms with van der Waals surface area (Å²) in [7, 11) is -1.61. The number of rotatable bonds is 5. The molecule has 0 aliphatic heterocycles. The van der Waals surface area contributed by atoms with E-state index in [0.717, 1.165) is 12.1 Å². The second-order valence-electron chi connectivity index (χ2n) is 7.52. The van der Waals surface area contributed by atoms with Gasteiger partial charge in [-0.2, -0.15) is 0 Å². The van der Waals surface area contributed by atoms with Crippen molar-refractivity contribution in [2.24, 2.45) is 7.05 Å². The monoisotopic (exact) mass is 498 g/mol. The second-order valence-corrected chi connectivity index (χ2v) is 9.17.